The molecule has 154 valence electrons. The van der Waals surface area contributed by atoms with E-state index in [0.717, 1.165) is 11.1 Å². The zero-order valence-corrected chi connectivity index (χ0v) is 16.5. The summed E-state index contributed by atoms with van der Waals surface area (Å²) in [7, 11) is 0. The molecule has 0 aromatic heterocycles. The first-order valence-electron chi connectivity index (χ1n) is 10.2. The molecule has 0 bridgehead atoms. The Kier molecular flexibility index (Phi) is 5.54. The van der Waals surface area contributed by atoms with E-state index in [1.165, 1.54) is 12.1 Å². The van der Waals surface area contributed by atoms with Crippen molar-refractivity contribution in [2.75, 3.05) is 19.6 Å². The second kappa shape index (κ2) is 8.11. The Hall–Kier alpha value is -2.47. The number of phenols is 1. The minimum absolute atomic E-state index is 0.0251. The lowest BCUT2D eigenvalue weighted by Crippen LogP contribution is -2.49. The molecule has 1 amide bonds. The molecule has 6 heteroatoms. The highest BCUT2D eigenvalue weighted by Gasteiger charge is 2.42. The van der Waals surface area contributed by atoms with Gasteiger partial charge in [-0.15, -0.1) is 0 Å². The topological polar surface area (TPSA) is 43.8 Å². The predicted molar refractivity (Wildman–Crippen MR) is 107 cm³/mol. The molecular weight excluding hydrogens is 374 g/mol. The number of halogens is 2. The Morgan fingerprint density at radius 3 is 2.38 bits per heavy atom. The monoisotopic (exact) mass is 400 g/mol. The van der Waals surface area contributed by atoms with Crippen LogP contribution in [0.5, 0.6) is 5.75 Å². The molecule has 1 N–H and O–H groups in total. The van der Waals surface area contributed by atoms with Crippen LogP contribution >= 0.6 is 0 Å². The highest BCUT2D eigenvalue weighted by Crippen LogP contribution is 2.35. The van der Waals surface area contributed by atoms with E-state index in [9.17, 15) is 18.7 Å². The number of rotatable bonds is 4. The van der Waals surface area contributed by atoms with Gasteiger partial charge in [0.15, 0.2) is 0 Å². The van der Waals surface area contributed by atoms with Crippen molar-refractivity contribution in [3.8, 4) is 5.75 Å². The number of carbonyl (C=O) groups excluding carboxylic acids is 1. The molecule has 2 aromatic rings. The number of nitrogens with zero attached hydrogens (tertiary/aromatic N) is 2. The summed E-state index contributed by atoms with van der Waals surface area (Å²) < 4.78 is 28.1. The van der Waals surface area contributed by atoms with Crippen LogP contribution in [0.4, 0.5) is 8.78 Å². The molecule has 2 saturated heterocycles. The van der Waals surface area contributed by atoms with E-state index in [-0.39, 0.29) is 42.0 Å². The van der Waals surface area contributed by atoms with Crippen LogP contribution < -0.4 is 0 Å². The summed E-state index contributed by atoms with van der Waals surface area (Å²) in [4.78, 5) is 16.8. The predicted octanol–water partition coefficient (Wildman–Crippen LogP) is 4.02. The molecule has 0 saturated carbocycles. The average Bonchev–Trinajstić information content (AvgIpc) is 3.10. The number of phenolic OH excluding ortho intramolecular Hbond substituents is 1. The van der Waals surface area contributed by atoms with Crippen LogP contribution in [0.3, 0.4) is 0 Å². The first-order chi connectivity index (χ1) is 13.9. The standard InChI is InChI=1S/C23H26F2N2O2/c1-15(16-2-6-18(24)7-3-16)27-13-11-22(23(27)29)26-12-10-20(21(25)14-26)17-4-8-19(28)9-5-17/h2-9,15,20-22,28H,10-14H2,1H3/t15-,20-,21+,22?/m0/s1. The van der Waals surface area contributed by atoms with Gasteiger partial charge in [0.25, 0.3) is 0 Å². The van der Waals surface area contributed by atoms with Crippen molar-refractivity contribution in [2.45, 2.75) is 43.9 Å². The van der Waals surface area contributed by atoms with E-state index in [1.54, 1.807) is 36.4 Å². The smallest absolute Gasteiger partial charge is 0.240 e. The average molecular weight is 400 g/mol. The molecule has 1 unspecified atom stereocenters. The van der Waals surface area contributed by atoms with Crippen LogP contribution in [0.15, 0.2) is 48.5 Å². The maximum absolute atomic E-state index is 15.0. The lowest BCUT2D eigenvalue weighted by molar-refractivity contribution is -0.134. The number of alkyl halides is 1. The number of carbonyl (C=O) groups is 1. The first kappa shape index (κ1) is 19.8. The van der Waals surface area contributed by atoms with Crippen molar-refractivity contribution >= 4 is 5.91 Å². The normalized spacial score (nSPS) is 26.7. The summed E-state index contributed by atoms with van der Waals surface area (Å²) in [6.45, 7) is 3.47. The van der Waals surface area contributed by atoms with Gasteiger partial charge < -0.3 is 10.0 Å². The fourth-order valence-corrected chi connectivity index (χ4v) is 4.64. The minimum atomic E-state index is -1.05. The Morgan fingerprint density at radius 1 is 1.03 bits per heavy atom. The Balaban J connectivity index is 1.40. The number of hydrogen-bond acceptors (Lipinski definition) is 3. The van der Waals surface area contributed by atoms with Crippen LogP contribution in [0.1, 0.15) is 42.9 Å². The van der Waals surface area contributed by atoms with Crippen LogP contribution in [0, 0.1) is 5.82 Å². The Morgan fingerprint density at radius 2 is 1.72 bits per heavy atom. The Bertz CT molecular complexity index is 856. The summed E-state index contributed by atoms with van der Waals surface area (Å²) >= 11 is 0. The molecule has 0 radical (unpaired) electrons. The van der Waals surface area contributed by atoms with Crippen molar-refractivity contribution in [2.24, 2.45) is 0 Å². The molecule has 2 aromatic carbocycles. The zero-order valence-electron chi connectivity index (χ0n) is 16.5. The van der Waals surface area contributed by atoms with Crippen LogP contribution in [-0.2, 0) is 4.79 Å². The molecule has 4 atom stereocenters. The lowest BCUT2D eigenvalue weighted by atomic mass is 9.87. The third-order valence-electron chi connectivity index (χ3n) is 6.37. The molecule has 4 rings (SSSR count). The van der Waals surface area contributed by atoms with Gasteiger partial charge in [0.2, 0.25) is 5.91 Å². The molecule has 0 aliphatic carbocycles. The fourth-order valence-electron chi connectivity index (χ4n) is 4.64. The van der Waals surface area contributed by atoms with Gasteiger partial charge in [0.05, 0.1) is 12.1 Å². The molecule has 2 aliphatic rings. The molecule has 2 aliphatic heterocycles. The number of likely N-dealkylation sites (tertiary alicyclic amines) is 2. The number of benzene rings is 2. The summed E-state index contributed by atoms with van der Waals surface area (Å²) in [5.74, 6) is -0.305. The van der Waals surface area contributed by atoms with Gasteiger partial charge in [0.1, 0.15) is 17.7 Å². The van der Waals surface area contributed by atoms with E-state index in [0.29, 0.717) is 25.9 Å². The van der Waals surface area contributed by atoms with Gasteiger partial charge in [-0.2, -0.15) is 0 Å². The minimum Gasteiger partial charge on any atom is -0.508 e. The van der Waals surface area contributed by atoms with Gasteiger partial charge in [0, 0.05) is 19.0 Å². The quantitative estimate of drug-likeness (QED) is 0.843. The van der Waals surface area contributed by atoms with Crippen molar-refractivity contribution in [3.63, 3.8) is 0 Å². The summed E-state index contributed by atoms with van der Waals surface area (Å²) in [6, 6.07) is 12.5. The van der Waals surface area contributed by atoms with Crippen LogP contribution in [0.2, 0.25) is 0 Å². The lowest BCUT2D eigenvalue weighted by Gasteiger charge is -2.38. The van der Waals surface area contributed by atoms with Crippen molar-refractivity contribution in [1.29, 1.82) is 0 Å². The summed E-state index contributed by atoms with van der Waals surface area (Å²) in [5, 5.41) is 9.44. The van der Waals surface area contributed by atoms with E-state index < -0.39 is 6.17 Å². The number of amides is 1. The van der Waals surface area contributed by atoms with Gasteiger partial charge in [-0.25, -0.2) is 8.78 Å². The Labute approximate surface area is 169 Å². The van der Waals surface area contributed by atoms with Crippen molar-refractivity contribution in [1.82, 2.24) is 9.80 Å². The second-order valence-corrected chi connectivity index (χ2v) is 8.06. The third kappa shape index (κ3) is 3.99. The van der Waals surface area contributed by atoms with Gasteiger partial charge in [-0.05, 0) is 61.7 Å². The highest BCUT2D eigenvalue weighted by molar-refractivity contribution is 5.84. The number of piperidine rings is 1. The maximum atomic E-state index is 15.0. The number of aromatic hydroxyl groups is 1. The zero-order chi connectivity index (χ0) is 20.5. The molecular formula is C23H26F2N2O2. The van der Waals surface area contributed by atoms with Gasteiger partial charge >= 0.3 is 0 Å². The maximum Gasteiger partial charge on any atom is 0.240 e. The molecule has 4 nitrogen and oxygen atoms in total. The van der Waals surface area contributed by atoms with Gasteiger partial charge in [-0.1, -0.05) is 24.3 Å². The third-order valence-corrected chi connectivity index (χ3v) is 6.37. The van der Waals surface area contributed by atoms with Crippen LogP contribution in [0.25, 0.3) is 0 Å². The molecule has 0 spiro atoms. The number of hydrogen-bond donors (Lipinski definition) is 1. The highest BCUT2D eigenvalue weighted by atomic mass is 19.1. The SMILES string of the molecule is C[C@@H](c1ccc(F)cc1)N1CCC(N2CC[C@@H](c3ccc(O)cc3)[C@H](F)C2)C1=O. The van der Waals surface area contributed by atoms with E-state index in [4.69, 9.17) is 0 Å². The van der Waals surface area contributed by atoms with Gasteiger partial charge in [-0.3, -0.25) is 9.69 Å². The largest absolute Gasteiger partial charge is 0.508 e. The van der Waals surface area contributed by atoms with E-state index >= 15 is 0 Å². The van der Waals surface area contributed by atoms with Crippen molar-refractivity contribution in [3.05, 3.63) is 65.5 Å². The summed E-state index contributed by atoms with van der Waals surface area (Å²) in [6.07, 6.45) is 0.272. The van der Waals surface area contributed by atoms with Crippen LogP contribution in [-0.4, -0.2) is 52.7 Å². The second-order valence-electron chi connectivity index (χ2n) is 8.06. The first-order valence-corrected chi connectivity index (χ1v) is 10.2. The van der Waals surface area contributed by atoms with Crippen molar-refractivity contribution < 1.29 is 18.7 Å². The molecule has 2 heterocycles. The molecule has 29 heavy (non-hydrogen) atoms. The van der Waals surface area contributed by atoms with E-state index in [2.05, 4.69) is 0 Å². The molecule has 2 fully saturated rings. The van der Waals surface area contributed by atoms with E-state index in [1.807, 2.05) is 16.7 Å². The fraction of sp³-hybridized carbons (Fsp3) is 0.435. The summed E-state index contributed by atoms with van der Waals surface area (Å²) in [5.41, 5.74) is 1.79.